The normalized spacial score (nSPS) is 12.0. The lowest BCUT2D eigenvalue weighted by molar-refractivity contribution is 0.158. The molecule has 0 radical (unpaired) electrons. The van der Waals surface area contributed by atoms with Gasteiger partial charge >= 0.3 is 6.03 Å². The predicted octanol–water partition coefficient (Wildman–Crippen LogP) is 4.78. The number of urea groups is 1. The van der Waals surface area contributed by atoms with Gasteiger partial charge in [-0.2, -0.15) is 0 Å². The van der Waals surface area contributed by atoms with E-state index < -0.39 is 6.04 Å². The number of benzene rings is 2. The molecule has 0 bridgehead atoms. The first-order chi connectivity index (χ1) is 15.3. The van der Waals surface area contributed by atoms with Crippen LogP contribution >= 0.6 is 11.6 Å². The maximum absolute atomic E-state index is 13.2. The Morgan fingerprint density at radius 3 is 2.62 bits per heavy atom. The van der Waals surface area contributed by atoms with E-state index in [0.29, 0.717) is 47.0 Å². The number of fused-ring (bicyclic) bond motifs is 1. The summed E-state index contributed by atoms with van der Waals surface area (Å²) in [6, 6.07) is 12.1. The molecule has 1 atom stereocenters. The van der Waals surface area contributed by atoms with Crippen LogP contribution in [0.2, 0.25) is 5.02 Å². The number of amides is 2. The molecular weight excluding hydrogens is 428 g/mol. The van der Waals surface area contributed by atoms with Crippen molar-refractivity contribution in [3.05, 3.63) is 69.2 Å². The summed E-state index contributed by atoms with van der Waals surface area (Å²) in [6.07, 6.45) is 1.58. The summed E-state index contributed by atoms with van der Waals surface area (Å²) in [5.41, 5.74) is 2.24. The molecule has 2 amide bonds. The lowest BCUT2D eigenvalue weighted by Crippen LogP contribution is -2.40. The van der Waals surface area contributed by atoms with Gasteiger partial charge in [-0.05, 0) is 55.7 Å². The molecule has 0 saturated carbocycles. The maximum atomic E-state index is 13.2. The molecule has 0 fully saturated rings. The molecule has 7 nitrogen and oxygen atoms in total. The SMILES string of the molecule is CCc1ccc(NC(=O)N(CCCOC)C(C)c2nc3cc(Cl)ccc3c(=O)n2C)cc1. The Morgan fingerprint density at radius 2 is 1.97 bits per heavy atom. The van der Waals surface area contributed by atoms with Crippen LogP contribution in [-0.4, -0.2) is 40.7 Å². The number of rotatable bonds is 8. The van der Waals surface area contributed by atoms with Crippen LogP contribution in [0.3, 0.4) is 0 Å². The van der Waals surface area contributed by atoms with Gasteiger partial charge in [0.05, 0.1) is 16.9 Å². The number of hydrogen-bond acceptors (Lipinski definition) is 4. The van der Waals surface area contributed by atoms with Crippen molar-refractivity contribution in [3.63, 3.8) is 0 Å². The summed E-state index contributed by atoms with van der Waals surface area (Å²) in [7, 11) is 3.30. The Morgan fingerprint density at radius 1 is 1.25 bits per heavy atom. The molecule has 2 aromatic carbocycles. The molecule has 1 unspecified atom stereocenters. The second kappa shape index (κ2) is 10.6. The first-order valence-electron chi connectivity index (χ1n) is 10.7. The molecule has 1 aromatic heterocycles. The largest absolute Gasteiger partial charge is 0.385 e. The van der Waals surface area contributed by atoms with Gasteiger partial charge in [-0.15, -0.1) is 0 Å². The zero-order chi connectivity index (χ0) is 23.3. The van der Waals surface area contributed by atoms with Crippen LogP contribution in [0.1, 0.15) is 37.7 Å². The van der Waals surface area contributed by atoms with E-state index in [2.05, 4.69) is 17.2 Å². The van der Waals surface area contributed by atoms with Crippen molar-refractivity contribution in [2.24, 2.45) is 7.05 Å². The molecule has 0 spiro atoms. The van der Waals surface area contributed by atoms with Gasteiger partial charge in [0.2, 0.25) is 0 Å². The molecule has 0 saturated heterocycles. The van der Waals surface area contributed by atoms with Crippen LogP contribution < -0.4 is 10.9 Å². The van der Waals surface area contributed by atoms with Gasteiger partial charge in [-0.1, -0.05) is 30.7 Å². The number of aromatic nitrogens is 2. The van der Waals surface area contributed by atoms with E-state index in [1.165, 1.54) is 10.1 Å². The Bertz CT molecular complexity index is 1140. The van der Waals surface area contributed by atoms with E-state index >= 15 is 0 Å². The van der Waals surface area contributed by atoms with Gasteiger partial charge < -0.3 is 15.0 Å². The summed E-state index contributed by atoms with van der Waals surface area (Å²) in [6.45, 7) is 4.91. The number of carbonyl (C=O) groups excluding carboxylic acids is 1. The topological polar surface area (TPSA) is 76.5 Å². The highest BCUT2D eigenvalue weighted by atomic mass is 35.5. The maximum Gasteiger partial charge on any atom is 0.322 e. The fourth-order valence-corrected chi connectivity index (χ4v) is 3.81. The molecule has 3 aromatic rings. The summed E-state index contributed by atoms with van der Waals surface area (Å²) >= 11 is 6.11. The van der Waals surface area contributed by atoms with E-state index in [1.807, 2.05) is 31.2 Å². The zero-order valence-electron chi connectivity index (χ0n) is 18.9. The minimum absolute atomic E-state index is 0.180. The van der Waals surface area contributed by atoms with Gasteiger partial charge in [0, 0.05) is 38.0 Å². The van der Waals surface area contributed by atoms with Gasteiger partial charge in [0.25, 0.3) is 5.56 Å². The number of aryl methyl sites for hydroxylation is 1. The third-order valence-corrected chi connectivity index (χ3v) is 5.77. The Hall–Kier alpha value is -2.90. The number of carbonyl (C=O) groups is 1. The lowest BCUT2D eigenvalue weighted by atomic mass is 10.1. The summed E-state index contributed by atoms with van der Waals surface area (Å²) in [4.78, 5) is 32.5. The minimum Gasteiger partial charge on any atom is -0.385 e. The van der Waals surface area contributed by atoms with Crippen molar-refractivity contribution in [2.75, 3.05) is 25.6 Å². The fraction of sp³-hybridized carbons (Fsp3) is 0.375. The standard InChI is InChI=1S/C24H29ClN4O3/c1-5-17-7-10-19(11-8-17)26-24(31)29(13-6-14-32-4)16(2)22-27-21-15-18(25)9-12-20(21)23(30)28(22)3/h7-12,15-16H,5-6,13-14H2,1-4H3,(H,26,31). The van der Waals surface area contributed by atoms with Crippen molar-refractivity contribution in [3.8, 4) is 0 Å². The first-order valence-corrected chi connectivity index (χ1v) is 11.0. The van der Waals surface area contributed by atoms with E-state index in [9.17, 15) is 9.59 Å². The fourth-order valence-electron chi connectivity index (χ4n) is 3.64. The molecular formula is C24H29ClN4O3. The molecule has 32 heavy (non-hydrogen) atoms. The smallest absolute Gasteiger partial charge is 0.322 e. The zero-order valence-corrected chi connectivity index (χ0v) is 19.6. The third kappa shape index (κ3) is 5.29. The van der Waals surface area contributed by atoms with Gasteiger partial charge in [0.15, 0.2) is 0 Å². The second-order valence-corrected chi connectivity index (χ2v) is 8.13. The summed E-state index contributed by atoms with van der Waals surface area (Å²) in [5, 5.41) is 3.95. The first kappa shape index (κ1) is 23.8. The molecule has 0 aliphatic carbocycles. The van der Waals surface area contributed by atoms with Crippen LogP contribution in [0.4, 0.5) is 10.5 Å². The molecule has 8 heteroatoms. The van der Waals surface area contributed by atoms with E-state index in [0.717, 1.165) is 6.42 Å². The highest BCUT2D eigenvalue weighted by molar-refractivity contribution is 6.31. The number of ether oxygens (including phenoxy) is 1. The number of anilines is 1. The number of nitrogens with one attached hydrogen (secondary N) is 1. The van der Waals surface area contributed by atoms with Crippen molar-refractivity contribution in [1.82, 2.24) is 14.5 Å². The molecule has 3 rings (SSSR count). The number of nitrogens with zero attached hydrogens (tertiary/aromatic N) is 3. The van der Waals surface area contributed by atoms with Crippen molar-refractivity contribution in [1.29, 1.82) is 0 Å². The molecule has 0 aliphatic heterocycles. The van der Waals surface area contributed by atoms with Crippen LogP contribution in [0.25, 0.3) is 10.9 Å². The Labute approximate surface area is 193 Å². The van der Waals surface area contributed by atoms with Gasteiger partial charge in [-0.25, -0.2) is 9.78 Å². The van der Waals surface area contributed by atoms with E-state index in [-0.39, 0.29) is 11.6 Å². The summed E-state index contributed by atoms with van der Waals surface area (Å²) in [5.74, 6) is 0.485. The Balaban J connectivity index is 1.94. The minimum atomic E-state index is -0.456. The predicted molar refractivity (Wildman–Crippen MR) is 128 cm³/mol. The van der Waals surface area contributed by atoms with Crippen LogP contribution in [0.5, 0.6) is 0 Å². The third-order valence-electron chi connectivity index (χ3n) is 5.54. The lowest BCUT2D eigenvalue weighted by Gasteiger charge is -2.30. The average molecular weight is 457 g/mol. The quantitative estimate of drug-likeness (QED) is 0.495. The molecule has 170 valence electrons. The van der Waals surface area contributed by atoms with Crippen molar-refractivity contribution in [2.45, 2.75) is 32.7 Å². The van der Waals surface area contributed by atoms with Crippen molar-refractivity contribution < 1.29 is 9.53 Å². The average Bonchev–Trinajstić information content (AvgIpc) is 2.79. The van der Waals surface area contributed by atoms with E-state index in [4.69, 9.17) is 16.3 Å². The Kier molecular flexibility index (Phi) is 7.88. The number of hydrogen-bond donors (Lipinski definition) is 1. The second-order valence-electron chi connectivity index (χ2n) is 7.69. The summed E-state index contributed by atoms with van der Waals surface area (Å²) < 4.78 is 6.66. The van der Waals surface area contributed by atoms with E-state index in [1.54, 1.807) is 37.3 Å². The highest BCUT2D eigenvalue weighted by Crippen LogP contribution is 2.23. The molecule has 0 aliphatic rings. The van der Waals surface area contributed by atoms with Gasteiger partial charge in [0.1, 0.15) is 5.82 Å². The van der Waals surface area contributed by atoms with Crippen LogP contribution in [0.15, 0.2) is 47.3 Å². The van der Waals surface area contributed by atoms with Gasteiger partial charge in [-0.3, -0.25) is 9.36 Å². The van der Waals surface area contributed by atoms with Crippen LogP contribution in [0, 0.1) is 0 Å². The van der Waals surface area contributed by atoms with Crippen LogP contribution in [-0.2, 0) is 18.2 Å². The number of methoxy groups -OCH3 is 1. The molecule has 1 N–H and O–H groups in total. The van der Waals surface area contributed by atoms with Crippen molar-refractivity contribution >= 4 is 34.2 Å². The molecule has 1 heterocycles. The number of halogens is 1. The highest BCUT2D eigenvalue weighted by Gasteiger charge is 2.25. The monoisotopic (exact) mass is 456 g/mol.